The molecule has 0 aromatic heterocycles. The molecule has 1 aromatic carbocycles. The summed E-state index contributed by atoms with van der Waals surface area (Å²) in [6.07, 6.45) is -0.332. The van der Waals surface area contributed by atoms with Gasteiger partial charge in [0.25, 0.3) is 15.9 Å². The Morgan fingerprint density at radius 1 is 1.44 bits per heavy atom. The molecule has 0 atom stereocenters. The highest BCUT2D eigenvalue weighted by atomic mass is 32.2. The molecular formula is C10H7N3O4S. The Bertz CT molecular complexity index is 688. The van der Waals surface area contributed by atoms with Gasteiger partial charge in [-0.1, -0.05) is 0 Å². The largest absolute Gasteiger partial charge is 0.325 e. The monoisotopic (exact) mass is 265 g/mol. The van der Waals surface area contributed by atoms with Gasteiger partial charge in [0.1, 0.15) is 11.3 Å². The molecule has 1 aromatic rings. The second-order valence-electron chi connectivity index (χ2n) is 3.53. The van der Waals surface area contributed by atoms with E-state index in [1.54, 1.807) is 6.07 Å². The Morgan fingerprint density at radius 2 is 2.17 bits per heavy atom. The number of benzene rings is 1. The van der Waals surface area contributed by atoms with Crippen molar-refractivity contribution in [2.45, 2.75) is 11.3 Å². The van der Waals surface area contributed by atoms with E-state index >= 15 is 0 Å². The van der Waals surface area contributed by atoms with Gasteiger partial charge in [-0.2, -0.15) is 5.26 Å². The molecule has 1 aliphatic rings. The van der Waals surface area contributed by atoms with E-state index in [0.29, 0.717) is 0 Å². The SMILES string of the molecule is N#CCC(=O)Nc1ccc2c(c1)S(=O)(=O)NC2=O. The van der Waals surface area contributed by atoms with Crippen LogP contribution < -0.4 is 10.0 Å². The summed E-state index contributed by atoms with van der Waals surface area (Å²) in [6, 6.07) is 5.55. The smallest absolute Gasteiger partial charge is 0.266 e. The summed E-state index contributed by atoms with van der Waals surface area (Å²) in [6.45, 7) is 0. The summed E-state index contributed by atoms with van der Waals surface area (Å²) in [5.41, 5.74) is 0.252. The van der Waals surface area contributed by atoms with Crippen LogP contribution in [0.4, 0.5) is 5.69 Å². The molecule has 2 N–H and O–H groups in total. The van der Waals surface area contributed by atoms with Crippen LogP contribution in [0.5, 0.6) is 0 Å². The van der Waals surface area contributed by atoms with Crippen LogP contribution in [-0.2, 0) is 14.8 Å². The normalized spacial score (nSPS) is 15.4. The molecule has 0 unspecified atom stereocenters. The maximum Gasteiger partial charge on any atom is 0.266 e. The molecule has 92 valence electrons. The number of sulfonamides is 1. The van der Waals surface area contributed by atoms with Gasteiger partial charge >= 0.3 is 0 Å². The number of fused-ring (bicyclic) bond motifs is 1. The Morgan fingerprint density at radius 3 is 2.83 bits per heavy atom. The lowest BCUT2D eigenvalue weighted by molar-refractivity contribution is -0.115. The van der Waals surface area contributed by atoms with Crippen molar-refractivity contribution < 1.29 is 18.0 Å². The second kappa shape index (κ2) is 4.12. The van der Waals surface area contributed by atoms with Crippen LogP contribution in [0.15, 0.2) is 23.1 Å². The van der Waals surface area contributed by atoms with Crippen molar-refractivity contribution in [2.24, 2.45) is 0 Å². The first kappa shape index (κ1) is 12.1. The highest BCUT2D eigenvalue weighted by Gasteiger charge is 2.32. The molecule has 2 rings (SSSR count). The van der Waals surface area contributed by atoms with Crippen LogP contribution in [0.25, 0.3) is 0 Å². The second-order valence-corrected chi connectivity index (χ2v) is 5.18. The number of nitrogens with one attached hydrogen (secondary N) is 2. The Labute approximate surface area is 102 Å². The van der Waals surface area contributed by atoms with Crippen LogP contribution in [0, 0.1) is 11.3 Å². The van der Waals surface area contributed by atoms with E-state index in [0.717, 1.165) is 0 Å². The Hall–Kier alpha value is -2.40. The first-order chi connectivity index (χ1) is 8.44. The van der Waals surface area contributed by atoms with Crippen molar-refractivity contribution in [3.63, 3.8) is 0 Å². The average molecular weight is 265 g/mol. The van der Waals surface area contributed by atoms with Crippen LogP contribution >= 0.6 is 0 Å². The van der Waals surface area contributed by atoms with Crippen molar-refractivity contribution in [1.82, 2.24) is 4.72 Å². The van der Waals surface area contributed by atoms with E-state index in [2.05, 4.69) is 5.32 Å². The fraction of sp³-hybridized carbons (Fsp3) is 0.100. The number of carbonyl (C=O) groups excluding carboxylic acids is 2. The lowest BCUT2D eigenvalue weighted by Gasteiger charge is -2.03. The lowest BCUT2D eigenvalue weighted by atomic mass is 10.2. The van der Waals surface area contributed by atoms with Crippen LogP contribution in [-0.4, -0.2) is 20.2 Å². The number of carbonyl (C=O) groups is 2. The van der Waals surface area contributed by atoms with E-state index in [4.69, 9.17) is 5.26 Å². The van der Waals surface area contributed by atoms with E-state index in [1.807, 2.05) is 4.72 Å². The van der Waals surface area contributed by atoms with Crippen LogP contribution in [0.2, 0.25) is 0 Å². The molecule has 0 aliphatic carbocycles. The van der Waals surface area contributed by atoms with E-state index in [9.17, 15) is 18.0 Å². The predicted molar refractivity (Wildman–Crippen MR) is 60.0 cm³/mol. The average Bonchev–Trinajstić information content (AvgIpc) is 2.50. The third-order valence-electron chi connectivity index (χ3n) is 2.27. The van der Waals surface area contributed by atoms with Gasteiger partial charge < -0.3 is 5.32 Å². The van der Waals surface area contributed by atoms with Gasteiger partial charge in [0.2, 0.25) is 5.91 Å². The highest BCUT2D eigenvalue weighted by molar-refractivity contribution is 7.90. The molecule has 0 saturated carbocycles. The number of hydrogen-bond donors (Lipinski definition) is 2. The fourth-order valence-electron chi connectivity index (χ4n) is 1.52. The van der Waals surface area contributed by atoms with Crippen LogP contribution in [0.1, 0.15) is 16.8 Å². The van der Waals surface area contributed by atoms with E-state index in [-0.39, 0.29) is 22.6 Å². The van der Waals surface area contributed by atoms with E-state index in [1.165, 1.54) is 18.2 Å². The number of anilines is 1. The standard InChI is InChI=1S/C10H7N3O4S/c11-4-3-9(14)12-6-1-2-7-8(5-6)18(16,17)13-10(7)15/h1-2,5H,3H2,(H,12,14)(H,13,15). The molecule has 1 aliphatic heterocycles. The minimum atomic E-state index is -3.84. The van der Waals surface area contributed by atoms with Gasteiger partial charge in [-0.15, -0.1) is 0 Å². The van der Waals surface area contributed by atoms with Crippen molar-refractivity contribution in [3.05, 3.63) is 23.8 Å². The first-order valence-electron chi connectivity index (χ1n) is 4.82. The third kappa shape index (κ3) is 2.03. The van der Waals surface area contributed by atoms with Gasteiger partial charge in [0, 0.05) is 5.69 Å². The molecule has 7 nitrogen and oxygen atoms in total. The maximum atomic E-state index is 11.5. The molecule has 0 fully saturated rings. The summed E-state index contributed by atoms with van der Waals surface area (Å²) in [5.74, 6) is -1.24. The molecule has 18 heavy (non-hydrogen) atoms. The van der Waals surface area contributed by atoms with Gasteiger partial charge in [-0.05, 0) is 18.2 Å². The summed E-state index contributed by atoms with van der Waals surface area (Å²) in [4.78, 5) is 22.3. The zero-order valence-corrected chi connectivity index (χ0v) is 9.74. The number of nitriles is 1. The molecule has 2 amide bonds. The molecule has 1 heterocycles. The molecular weight excluding hydrogens is 258 g/mol. The van der Waals surface area contributed by atoms with Gasteiger partial charge in [0.05, 0.1) is 11.6 Å². The number of nitrogens with zero attached hydrogens (tertiary/aromatic N) is 1. The molecule has 0 saturated heterocycles. The topological polar surface area (TPSA) is 116 Å². The Kier molecular flexibility index (Phi) is 2.76. The lowest BCUT2D eigenvalue weighted by Crippen LogP contribution is -2.20. The van der Waals surface area contributed by atoms with Crippen LogP contribution in [0.3, 0.4) is 0 Å². The zero-order valence-electron chi connectivity index (χ0n) is 8.93. The maximum absolute atomic E-state index is 11.5. The van der Waals surface area contributed by atoms with Gasteiger partial charge in [-0.3, -0.25) is 9.59 Å². The highest BCUT2D eigenvalue weighted by Crippen LogP contribution is 2.25. The molecule has 0 spiro atoms. The molecule has 8 heteroatoms. The zero-order chi connectivity index (χ0) is 13.3. The van der Waals surface area contributed by atoms with Gasteiger partial charge in [-0.25, -0.2) is 13.1 Å². The van der Waals surface area contributed by atoms with E-state index < -0.39 is 21.8 Å². The van der Waals surface area contributed by atoms with Crippen molar-refractivity contribution in [2.75, 3.05) is 5.32 Å². The first-order valence-corrected chi connectivity index (χ1v) is 6.30. The third-order valence-corrected chi connectivity index (χ3v) is 3.64. The summed E-state index contributed by atoms with van der Waals surface area (Å²) < 4.78 is 24.9. The van der Waals surface area contributed by atoms with Gasteiger partial charge in [0.15, 0.2) is 0 Å². The Balaban J connectivity index is 2.37. The number of amides is 2. The summed E-state index contributed by atoms with van der Waals surface area (Å²) in [5, 5.41) is 10.7. The summed E-state index contributed by atoms with van der Waals surface area (Å²) in [7, 11) is -3.84. The van der Waals surface area contributed by atoms with Crippen molar-refractivity contribution in [1.29, 1.82) is 5.26 Å². The minimum absolute atomic E-state index is 0.0354. The minimum Gasteiger partial charge on any atom is -0.325 e. The van der Waals surface area contributed by atoms with Crippen molar-refractivity contribution in [3.8, 4) is 6.07 Å². The summed E-state index contributed by atoms with van der Waals surface area (Å²) >= 11 is 0. The fourth-order valence-corrected chi connectivity index (χ4v) is 2.72. The molecule has 0 bridgehead atoms. The molecule has 0 radical (unpaired) electrons. The predicted octanol–water partition coefficient (Wildman–Crippen LogP) is -0.0291. The van der Waals surface area contributed by atoms with Crippen molar-refractivity contribution >= 4 is 27.5 Å². The number of hydrogen-bond acceptors (Lipinski definition) is 5. The number of rotatable bonds is 2. The quantitative estimate of drug-likeness (QED) is 0.778.